The number of rotatable bonds is 4. The zero-order chi connectivity index (χ0) is 21.4. The molecule has 0 aliphatic heterocycles. The number of carbonyl (C=O) groups excluding carboxylic acids is 2. The Morgan fingerprint density at radius 3 is 2.50 bits per heavy atom. The van der Waals surface area contributed by atoms with E-state index in [1.54, 1.807) is 49.6 Å². The maximum atomic E-state index is 13.2. The van der Waals surface area contributed by atoms with Gasteiger partial charge in [0.2, 0.25) is 0 Å². The molecule has 3 aromatic heterocycles. The number of anilines is 1. The average molecular weight is 420 g/mol. The second-order valence-electron chi connectivity index (χ2n) is 6.98. The highest BCUT2D eigenvalue weighted by Crippen LogP contribution is 2.31. The van der Waals surface area contributed by atoms with E-state index in [4.69, 9.17) is 4.52 Å². The van der Waals surface area contributed by atoms with Gasteiger partial charge >= 0.3 is 0 Å². The third kappa shape index (κ3) is 3.57. The molecule has 30 heavy (non-hydrogen) atoms. The van der Waals surface area contributed by atoms with Gasteiger partial charge in [0.25, 0.3) is 17.5 Å². The molecule has 4 aromatic rings. The van der Waals surface area contributed by atoms with Crippen molar-refractivity contribution in [2.75, 3.05) is 12.4 Å². The lowest BCUT2D eigenvalue weighted by Gasteiger charge is -2.11. The summed E-state index contributed by atoms with van der Waals surface area (Å²) in [6, 6.07) is 10.9. The predicted octanol–water partition coefficient (Wildman–Crippen LogP) is 4.49. The number of nitrogens with zero attached hydrogens (tertiary/aromatic N) is 2. The summed E-state index contributed by atoms with van der Waals surface area (Å²) >= 11 is 1.60. The molecule has 0 unspecified atom stereocenters. The molecular weight excluding hydrogens is 400 g/mol. The van der Waals surface area contributed by atoms with Gasteiger partial charge in [-0.3, -0.25) is 9.59 Å². The fourth-order valence-electron chi connectivity index (χ4n) is 3.25. The van der Waals surface area contributed by atoms with E-state index in [1.807, 2.05) is 26.0 Å². The summed E-state index contributed by atoms with van der Waals surface area (Å²) in [5.74, 6) is -0.471. The quantitative estimate of drug-likeness (QED) is 0.507. The van der Waals surface area contributed by atoms with Gasteiger partial charge in [0, 0.05) is 23.2 Å². The molecule has 8 heteroatoms. The minimum Gasteiger partial charge on any atom is -0.355 e. The van der Waals surface area contributed by atoms with E-state index >= 15 is 0 Å². The van der Waals surface area contributed by atoms with Crippen LogP contribution in [-0.4, -0.2) is 29.0 Å². The monoisotopic (exact) mass is 420 g/mol. The highest BCUT2D eigenvalue weighted by atomic mass is 32.1. The average Bonchev–Trinajstić information content (AvgIpc) is 3.34. The first-order valence-corrected chi connectivity index (χ1v) is 10.2. The molecule has 152 valence electrons. The van der Waals surface area contributed by atoms with Crippen molar-refractivity contribution >= 4 is 39.9 Å². The topological polar surface area (TPSA) is 97.1 Å². The zero-order valence-corrected chi connectivity index (χ0v) is 17.8. The van der Waals surface area contributed by atoms with Crippen molar-refractivity contribution < 1.29 is 14.1 Å². The van der Waals surface area contributed by atoms with Gasteiger partial charge < -0.3 is 15.2 Å². The molecule has 1 aromatic carbocycles. The number of aryl methyl sites for hydroxylation is 3. The number of thiophene rings is 1. The Bertz CT molecular complexity index is 1290. The Hall–Kier alpha value is -3.52. The van der Waals surface area contributed by atoms with Crippen molar-refractivity contribution in [1.82, 2.24) is 15.5 Å². The van der Waals surface area contributed by atoms with Crippen molar-refractivity contribution in [1.29, 1.82) is 0 Å². The van der Waals surface area contributed by atoms with Gasteiger partial charge in [0.1, 0.15) is 0 Å². The molecule has 0 saturated carbocycles. The molecule has 4 rings (SSSR count). The van der Waals surface area contributed by atoms with Crippen LogP contribution in [-0.2, 0) is 0 Å². The summed E-state index contributed by atoms with van der Waals surface area (Å²) in [5.41, 5.74) is 3.97. The lowest BCUT2D eigenvalue weighted by Crippen LogP contribution is -2.18. The maximum absolute atomic E-state index is 13.2. The van der Waals surface area contributed by atoms with Gasteiger partial charge in [0.05, 0.1) is 27.2 Å². The van der Waals surface area contributed by atoms with Crippen molar-refractivity contribution in [2.45, 2.75) is 20.8 Å². The van der Waals surface area contributed by atoms with E-state index in [9.17, 15) is 9.59 Å². The zero-order valence-electron chi connectivity index (χ0n) is 17.0. The molecule has 0 atom stereocenters. The number of aromatic nitrogens is 2. The Balaban J connectivity index is 1.74. The number of fused-ring (bicyclic) bond motifs is 1. The largest absolute Gasteiger partial charge is 0.355 e. The first kappa shape index (κ1) is 19.8. The molecule has 0 aliphatic rings. The first-order chi connectivity index (χ1) is 14.4. The summed E-state index contributed by atoms with van der Waals surface area (Å²) in [5, 5.41) is 10.1. The van der Waals surface area contributed by atoms with E-state index in [0.717, 1.165) is 15.3 Å². The van der Waals surface area contributed by atoms with Gasteiger partial charge in [-0.25, -0.2) is 4.98 Å². The van der Waals surface area contributed by atoms with Gasteiger partial charge in [0.15, 0.2) is 0 Å². The fraction of sp³-hybridized carbons (Fsp3) is 0.182. The summed E-state index contributed by atoms with van der Waals surface area (Å²) in [6.45, 7) is 5.64. The van der Waals surface area contributed by atoms with Crippen LogP contribution in [0.25, 0.3) is 21.7 Å². The molecule has 2 N–H and O–H groups in total. The lowest BCUT2D eigenvalue weighted by molar-refractivity contribution is 0.0962. The van der Waals surface area contributed by atoms with Crippen LogP contribution in [0.4, 0.5) is 5.69 Å². The summed E-state index contributed by atoms with van der Waals surface area (Å²) in [6.07, 6.45) is 0. The standard InChI is InChI=1S/C22H20N4O3S/c1-11-9-14(20(27)23-4)6-7-16(11)24-21(28)15-10-17(18-8-5-12(2)30-18)25-22-19(15)13(3)26-29-22/h5-10H,1-4H3,(H,23,27)(H,24,28). The molecular formula is C22H20N4O3S. The number of benzene rings is 1. The Morgan fingerprint density at radius 2 is 1.83 bits per heavy atom. The van der Waals surface area contributed by atoms with E-state index in [2.05, 4.69) is 20.8 Å². The third-order valence-corrected chi connectivity index (χ3v) is 5.84. The predicted molar refractivity (Wildman–Crippen MR) is 117 cm³/mol. The van der Waals surface area contributed by atoms with Crippen LogP contribution in [0.5, 0.6) is 0 Å². The Labute approximate surface area is 177 Å². The van der Waals surface area contributed by atoms with E-state index in [0.29, 0.717) is 39.3 Å². The van der Waals surface area contributed by atoms with Crippen LogP contribution in [0.1, 0.15) is 36.9 Å². The second kappa shape index (κ2) is 7.72. The number of carbonyl (C=O) groups is 2. The number of pyridine rings is 1. The summed E-state index contributed by atoms with van der Waals surface area (Å²) in [4.78, 5) is 31.7. The Morgan fingerprint density at radius 1 is 1.03 bits per heavy atom. The molecule has 0 spiro atoms. The molecule has 0 saturated heterocycles. The van der Waals surface area contributed by atoms with Gasteiger partial charge in [-0.15, -0.1) is 11.3 Å². The molecule has 0 bridgehead atoms. The fourth-order valence-corrected chi connectivity index (χ4v) is 4.08. The highest BCUT2D eigenvalue weighted by Gasteiger charge is 2.20. The van der Waals surface area contributed by atoms with E-state index < -0.39 is 0 Å². The van der Waals surface area contributed by atoms with Crippen LogP contribution < -0.4 is 10.6 Å². The van der Waals surface area contributed by atoms with Crippen LogP contribution in [0, 0.1) is 20.8 Å². The maximum Gasteiger partial charge on any atom is 0.259 e. The van der Waals surface area contributed by atoms with Crippen molar-refractivity contribution in [3.8, 4) is 10.6 Å². The third-order valence-electron chi connectivity index (χ3n) is 4.82. The normalized spacial score (nSPS) is 10.9. The first-order valence-electron chi connectivity index (χ1n) is 9.35. The van der Waals surface area contributed by atoms with Crippen molar-refractivity contribution in [3.05, 3.63) is 63.7 Å². The number of amides is 2. The minimum atomic E-state index is -0.293. The van der Waals surface area contributed by atoms with Gasteiger partial charge in [-0.1, -0.05) is 5.16 Å². The van der Waals surface area contributed by atoms with E-state index in [1.165, 1.54) is 0 Å². The van der Waals surface area contributed by atoms with Crippen LogP contribution >= 0.6 is 11.3 Å². The van der Waals surface area contributed by atoms with Crippen molar-refractivity contribution in [2.24, 2.45) is 0 Å². The molecule has 0 fully saturated rings. The van der Waals surface area contributed by atoms with E-state index in [-0.39, 0.29) is 11.8 Å². The molecule has 7 nitrogen and oxygen atoms in total. The molecule has 3 heterocycles. The van der Waals surface area contributed by atoms with Crippen molar-refractivity contribution in [3.63, 3.8) is 0 Å². The number of hydrogen-bond acceptors (Lipinski definition) is 6. The number of nitrogens with one attached hydrogen (secondary N) is 2. The smallest absolute Gasteiger partial charge is 0.259 e. The minimum absolute atomic E-state index is 0.178. The summed E-state index contributed by atoms with van der Waals surface area (Å²) < 4.78 is 5.36. The molecule has 0 aliphatic carbocycles. The van der Waals surface area contributed by atoms with Crippen LogP contribution in [0.2, 0.25) is 0 Å². The second-order valence-corrected chi connectivity index (χ2v) is 8.26. The van der Waals surface area contributed by atoms with Gasteiger partial charge in [-0.05, 0) is 62.7 Å². The Kier molecular flexibility index (Phi) is 5.09. The summed E-state index contributed by atoms with van der Waals surface area (Å²) in [7, 11) is 1.58. The SMILES string of the molecule is CNC(=O)c1ccc(NC(=O)c2cc(-c3ccc(C)s3)nc3onc(C)c23)c(C)c1. The number of hydrogen-bond donors (Lipinski definition) is 2. The lowest BCUT2D eigenvalue weighted by atomic mass is 10.1. The van der Waals surface area contributed by atoms with Crippen LogP contribution in [0.15, 0.2) is 40.9 Å². The van der Waals surface area contributed by atoms with Gasteiger partial charge in [-0.2, -0.15) is 0 Å². The highest BCUT2D eigenvalue weighted by molar-refractivity contribution is 7.15. The molecule has 2 amide bonds. The van der Waals surface area contributed by atoms with Crippen LogP contribution in [0.3, 0.4) is 0 Å². The molecule has 0 radical (unpaired) electrons.